The van der Waals surface area contributed by atoms with Gasteiger partial charge in [0.15, 0.2) is 6.61 Å². The third-order valence-corrected chi connectivity index (χ3v) is 4.24. The average Bonchev–Trinajstić information content (AvgIpc) is 3.50. The number of hydrogen-bond donors (Lipinski definition) is 2. The third-order valence-electron chi connectivity index (χ3n) is 4.24. The van der Waals surface area contributed by atoms with Crippen LogP contribution >= 0.6 is 0 Å². The molecule has 0 atom stereocenters. The highest BCUT2D eigenvalue weighted by Gasteiger charge is 2.30. The second-order valence-corrected chi connectivity index (χ2v) is 6.73. The van der Waals surface area contributed by atoms with E-state index in [9.17, 15) is 22.8 Å². The van der Waals surface area contributed by atoms with Crippen molar-refractivity contribution >= 4 is 17.6 Å². The Hall–Kier alpha value is -3.17. The Kier molecular flexibility index (Phi) is 6.00. The number of ether oxygens (including phenoxy) is 1. The Labute approximate surface area is 164 Å². The van der Waals surface area contributed by atoms with Crippen molar-refractivity contribution in [3.8, 4) is 5.88 Å². The molecule has 1 fully saturated rings. The number of aryl methyl sites for hydroxylation is 1. The minimum Gasteiger partial charge on any atom is -0.468 e. The molecule has 0 bridgehead atoms. The van der Waals surface area contributed by atoms with E-state index in [1.807, 2.05) is 0 Å². The monoisotopic (exact) mass is 408 g/mol. The van der Waals surface area contributed by atoms with E-state index in [1.54, 1.807) is 6.92 Å². The number of anilines is 1. The van der Waals surface area contributed by atoms with Crippen molar-refractivity contribution in [1.82, 2.24) is 15.3 Å². The zero-order chi connectivity index (χ0) is 21.0. The van der Waals surface area contributed by atoms with Crippen molar-refractivity contribution in [3.05, 3.63) is 47.3 Å². The molecular formula is C19H19F3N4O3. The van der Waals surface area contributed by atoms with E-state index in [0.717, 1.165) is 12.8 Å². The first-order valence-electron chi connectivity index (χ1n) is 8.91. The summed E-state index contributed by atoms with van der Waals surface area (Å²) in [5, 5.41) is 5.38. The van der Waals surface area contributed by atoms with Gasteiger partial charge in [0.1, 0.15) is 5.82 Å². The molecule has 7 nitrogen and oxygen atoms in total. The third kappa shape index (κ3) is 6.16. The molecule has 0 unspecified atom stereocenters. The number of hydrogen-bond acceptors (Lipinski definition) is 5. The van der Waals surface area contributed by atoms with E-state index in [-0.39, 0.29) is 30.2 Å². The van der Waals surface area contributed by atoms with E-state index in [4.69, 9.17) is 0 Å². The molecule has 0 spiro atoms. The van der Waals surface area contributed by atoms with Crippen LogP contribution in [-0.4, -0.2) is 34.6 Å². The van der Waals surface area contributed by atoms with Gasteiger partial charge in [-0.25, -0.2) is 9.97 Å². The van der Waals surface area contributed by atoms with Crippen LogP contribution in [0.25, 0.3) is 0 Å². The van der Waals surface area contributed by atoms with E-state index in [0.29, 0.717) is 22.5 Å². The van der Waals surface area contributed by atoms with Crippen molar-refractivity contribution < 1.29 is 27.5 Å². The molecule has 0 aromatic carbocycles. The lowest BCUT2D eigenvalue weighted by Gasteiger charge is -2.12. The Morgan fingerprint density at radius 2 is 2.00 bits per heavy atom. The first-order chi connectivity index (χ1) is 13.7. The minimum atomic E-state index is -4.44. The van der Waals surface area contributed by atoms with Crippen LogP contribution in [0.1, 0.15) is 34.3 Å². The lowest BCUT2D eigenvalue weighted by molar-refractivity contribution is -0.154. The van der Waals surface area contributed by atoms with E-state index < -0.39 is 12.8 Å². The van der Waals surface area contributed by atoms with Crippen LogP contribution in [0.4, 0.5) is 19.0 Å². The van der Waals surface area contributed by atoms with Gasteiger partial charge in [0.2, 0.25) is 11.8 Å². The summed E-state index contributed by atoms with van der Waals surface area (Å²) in [4.78, 5) is 32.0. The molecule has 0 radical (unpaired) electrons. The summed E-state index contributed by atoms with van der Waals surface area (Å²) in [6.07, 6.45) is 0.0643. The standard InChI is InChI=1S/C19H19F3N4O3/c1-11-6-16(29-10-19(20,21)22)24-8-14(11)9-25-17(27)13-4-5-23-15(7-13)26-18(28)12-2-3-12/h4-8,12H,2-3,9-10H2,1H3,(H,25,27)(H,23,26,28). The van der Waals surface area contributed by atoms with Gasteiger partial charge in [0, 0.05) is 36.5 Å². The number of pyridine rings is 2. The Bertz CT molecular complexity index is 914. The molecule has 0 saturated heterocycles. The summed E-state index contributed by atoms with van der Waals surface area (Å²) in [6.45, 7) is 0.391. The molecule has 2 amide bonds. The number of alkyl halides is 3. The van der Waals surface area contributed by atoms with Crippen molar-refractivity contribution in [2.24, 2.45) is 5.92 Å². The fourth-order valence-corrected chi connectivity index (χ4v) is 2.47. The topological polar surface area (TPSA) is 93.2 Å². The number of carbonyl (C=O) groups is 2. The maximum absolute atomic E-state index is 12.4. The first kappa shape index (κ1) is 20.6. The van der Waals surface area contributed by atoms with Crippen molar-refractivity contribution in [1.29, 1.82) is 0 Å². The number of carbonyl (C=O) groups excluding carboxylic acids is 2. The van der Waals surface area contributed by atoms with Gasteiger partial charge < -0.3 is 15.4 Å². The summed E-state index contributed by atoms with van der Waals surface area (Å²) in [5.41, 5.74) is 1.58. The highest BCUT2D eigenvalue weighted by molar-refractivity contribution is 5.97. The molecule has 2 aromatic rings. The molecule has 1 aliphatic carbocycles. The second kappa shape index (κ2) is 8.46. The van der Waals surface area contributed by atoms with E-state index >= 15 is 0 Å². The summed E-state index contributed by atoms with van der Waals surface area (Å²) >= 11 is 0. The van der Waals surface area contributed by atoms with Crippen molar-refractivity contribution in [3.63, 3.8) is 0 Å². The fourth-order valence-electron chi connectivity index (χ4n) is 2.47. The molecule has 29 heavy (non-hydrogen) atoms. The van der Waals surface area contributed by atoms with Gasteiger partial charge in [-0.1, -0.05) is 0 Å². The SMILES string of the molecule is Cc1cc(OCC(F)(F)F)ncc1CNC(=O)c1ccnc(NC(=O)C2CC2)c1. The Balaban J connectivity index is 1.56. The number of amides is 2. The molecule has 2 heterocycles. The lowest BCUT2D eigenvalue weighted by Crippen LogP contribution is -2.24. The molecule has 2 aromatic heterocycles. The molecule has 1 aliphatic rings. The zero-order valence-corrected chi connectivity index (χ0v) is 15.5. The van der Waals surface area contributed by atoms with Gasteiger partial charge in [0.05, 0.1) is 0 Å². The minimum absolute atomic E-state index is 0.0211. The molecule has 0 aliphatic heterocycles. The fraction of sp³-hybridized carbons (Fsp3) is 0.368. The number of nitrogens with one attached hydrogen (secondary N) is 2. The van der Waals surface area contributed by atoms with Crippen LogP contribution in [0.2, 0.25) is 0 Å². The van der Waals surface area contributed by atoms with Crippen molar-refractivity contribution in [2.75, 3.05) is 11.9 Å². The molecule has 1 saturated carbocycles. The highest BCUT2D eigenvalue weighted by atomic mass is 19.4. The van der Waals surface area contributed by atoms with Crippen LogP contribution in [0.3, 0.4) is 0 Å². The quantitative estimate of drug-likeness (QED) is 0.735. The maximum Gasteiger partial charge on any atom is 0.422 e. The smallest absolute Gasteiger partial charge is 0.422 e. The van der Waals surface area contributed by atoms with Crippen LogP contribution in [0.15, 0.2) is 30.6 Å². The number of halogens is 3. The molecule has 154 valence electrons. The Morgan fingerprint density at radius 1 is 1.24 bits per heavy atom. The zero-order valence-electron chi connectivity index (χ0n) is 15.5. The maximum atomic E-state index is 12.4. The number of rotatable bonds is 7. The molecule has 10 heteroatoms. The second-order valence-electron chi connectivity index (χ2n) is 6.73. The van der Waals surface area contributed by atoms with E-state index in [1.165, 1.54) is 30.6 Å². The van der Waals surface area contributed by atoms with Gasteiger partial charge in [-0.05, 0) is 43.0 Å². The summed E-state index contributed by atoms with van der Waals surface area (Å²) < 4.78 is 41.2. The van der Waals surface area contributed by atoms with Crippen molar-refractivity contribution in [2.45, 2.75) is 32.5 Å². The van der Waals surface area contributed by atoms with Gasteiger partial charge in [-0.15, -0.1) is 0 Å². The van der Waals surface area contributed by atoms with Gasteiger partial charge in [-0.3, -0.25) is 9.59 Å². The van der Waals surface area contributed by atoms with Gasteiger partial charge >= 0.3 is 6.18 Å². The largest absolute Gasteiger partial charge is 0.468 e. The van der Waals surface area contributed by atoms with Crippen LogP contribution in [0, 0.1) is 12.8 Å². The highest BCUT2D eigenvalue weighted by Crippen LogP contribution is 2.30. The summed E-state index contributed by atoms with van der Waals surface area (Å²) in [7, 11) is 0. The molecular weight excluding hydrogens is 389 g/mol. The summed E-state index contributed by atoms with van der Waals surface area (Å²) in [5.74, 6) is -0.304. The predicted octanol–water partition coefficient (Wildman–Crippen LogP) is 3.00. The summed E-state index contributed by atoms with van der Waals surface area (Å²) in [6, 6.07) is 4.38. The predicted molar refractivity (Wildman–Crippen MR) is 97.3 cm³/mol. The molecule has 3 rings (SSSR count). The van der Waals surface area contributed by atoms with Gasteiger partial charge in [0.25, 0.3) is 5.91 Å². The number of nitrogens with zero attached hydrogens (tertiary/aromatic N) is 2. The van der Waals surface area contributed by atoms with Crippen LogP contribution in [0.5, 0.6) is 5.88 Å². The van der Waals surface area contributed by atoms with Crippen LogP contribution in [-0.2, 0) is 11.3 Å². The number of aromatic nitrogens is 2. The molecule has 2 N–H and O–H groups in total. The van der Waals surface area contributed by atoms with Gasteiger partial charge in [-0.2, -0.15) is 13.2 Å². The Morgan fingerprint density at radius 3 is 2.66 bits per heavy atom. The average molecular weight is 408 g/mol. The van der Waals surface area contributed by atoms with Crippen LogP contribution < -0.4 is 15.4 Å². The lowest BCUT2D eigenvalue weighted by atomic mass is 10.1. The first-order valence-corrected chi connectivity index (χ1v) is 8.91. The normalized spacial score (nSPS) is 13.7. The van der Waals surface area contributed by atoms with E-state index in [2.05, 4.69) is 25.3 Å².